The maximum atomic E-state index is 5.62. The SMILES string of the molecule is Ic1cnc(O[C@H]2CCCNC2)nc1. The van der Waals surface area contributed by atoms with E-state index in [1.807, 2.05) is 0 Å². The van der Waals surface area contributed by atoms with Crippen molar-refractivity contribution in [2.45, 2.75) is 18.9 Å². The molecule has 0 spiro atoms. The Labute approximate surface area is 96.6 Å². The molecule has 1 aromatic heterocycles. The zero-order chi connectivity index (χ0) is 9.80. The van der Waals surface area contributed by atoms with Gasteiger partial charge in [0.05, 0.1) is 0 Å². The first-order chi connectivity index (χ1) is 6.84. The summed E-state index contributed by atoms with van der Waals surface area (Å²) in [5.74, 6) is 0. The molecule has 76 valence electrons. The second-order valence-corrected chi connectivity index (χ2v) is 4.52. The van der Waals surface area contributed by atoms with E-state index in [-0.39, 0.29) is 6.10 Å². The molecule has 1 aliphatic heterocycles. The van der Waals surface area contributed by atoms with Gasteiger partial charge < -0.3 is 10.1 Å². The number of hydrogen-bond donors (Lipinski definition) is 1. The van der Waals surface area contributed by atoms with Crippen molar-refractivity contribution < 1.29 is 4.74 Å². The third kappa shape index (κ3) is 2.78. The molecule has 0 aliphatic carbocycles. The van der Waals surface area contributed by atoms with Gasteiger partial charge in [0.2, 0.25) is 0 Å². The maximum absolute atomic E-state index is 5.62. The quantitative estimate of drug-likeness (QED) is 0.835. The first-order valence-electron chi connectivity index (χ1n) is 4.69. The highest BCUT2D eigenvalue weighted by atomic mass is 127. The number of ether oxygens (including phenoxy) is 1. The van der Waals surface area contributed by atoms with Gasteiger partial charge in [-0.05, 0) is 42.0 Å². The smallest absolute Gasteiger partial charge is 0.316 e. The van der Waals surface area contributed by atoms with E-state index in [4.69, 9.17) is 4.74 Å². The fraction of sp³-hybridized carbons (Fsp3) is 0.556. The summed E-state index contributed by atoms with van der Waals surface area (Å²) in [7, 11) is 0. The van der Waals surface area contributed by atoms with E-state index in [1.54, 1.807) is 12.4 Å². The van der Waals surface area contributed by atoms with Crippen LogP contribution in [0.2, 0.25) is 0 Å². The summed E-state index contributed by atoms with van der Waals surface area (Å²) in [5, 5.41) is 3.28. The van der Waals surface area contributed by atoms with E-state index < -0.39 is 0 Å². The third-order valence-electron chi connectivity index (χ3n) is 2.12. The lowest BCUT2D eigenvalue weighted by Crippen LogP contribution is -2.37. The van der Waals surface area contributed by atoms with Gasteiger partial charge in [0.1, 0.15) is 6.10 Å². The third-order valence-corrected chi connectivity index (χ3v) is 2.68. The van der Waals surface area contributed by atoms with Gasteiger partial charge >= 0.3 is 6.01 Å². The summed E-state index contributed by atoms with van der Waals surface area (Å²) in [4.78, 5) is 8.21. The summed E-state index contributed by atoms with van der Waals surface area (Å²) < 4.78 is 6.65. The second kappa shape index (κ2) is 4.88. The van der Waals surface area contributed by atoms with Crippen molar-refractivity contribution >= 4 is 22.6 Å². The zero-order valence-corrected chi connectivity index (χ0v) is 9.90. The van der Waals surface area contributed by atoms with Crippen molar-refractivity contribution in [3.8, 4) is 6.01 Å². The number of rotatable bonds is 2. The average molecular weight is 305 g/mol. The van der Waals surface area contributed by atoms with E-state index in [9.17, 15) is 0 Å². The molecule has 1 aromatic rings. The van der Waals surface area contributed by atoms with Gasteiger partial charge in [0.15, 0.2) is 0 Å². The number of halogens is 1. The molecular formula is C9H12IN3O. The normalized spacial score (nSPS) is 21.9. The van der Waals surface area contributed by atoms with E-state index in [0.717, 1.165) is 29.5 Å². The topological polar surface area (TPSA) is 47.0 Å². The maximum Gasteiger partial charge on any atom is 0.316 e. The number of nitrogens with zero attached hydrogens (tertiary/aromatic N) is 2. The Balaban J connectivity index is 1.92. The highest BCUT2D eigenvalue weighted by Crippen LogP contribution is 2.10. The molecule has 0 bridgehead atoms. The molecule has 14 heavy (non-hydrogen) atoms. The lowest BCUT2D eigenvalue weighted by atomic mass is 10.1. The first kappa shape index (κ1) is 10.1. The molecule has 5 heteroatoms. The molecule has 1 atom stereocenters. The van der Waals surface area contributed by atoms with Crippen LogP contribution in [0.1, 0.15) is 12.8 Å². The Hall–Kier alpha value is -0.430. The summed E-state index contributed by atoms with van der Waals surface area (Å²) in [5.41, 5.74) is 0. The van der Waals surface area contributed by atoms with Gasteiger partial charge in [-0.1, -0.05) is 0 Å². The summed E-state index contributed by atoms with van der Waals surface area (Å²) in [6.45, 7) is 1.99. The molecule has 1 fully saturated rings. The molecule has 2 rings (SSSR count). The van der Waals surface area contributed by atoms with Crippen LogP contribution in [0.15, 0.2) is 12.4 Å². The molecule has 1 N–H and O–H groups in total. The van der Waals surface area contributed by atoms with Crippen molar-refractivity contribution in [3.05, 3.63) is 16.0 Å². The van der Waals surface area contributed by atoms with E-state index in [1.165, 1.54) is 0 Å². The minimum atomic E-state index is 0.226. The highest BCUT2D eigenvalue weighted by molar-refractivity contribution is 14.1. The molecule has 0 amide bonds. The Morgan fingerprint density at radius 1 is 1.43 bits per heavy atom. The number of aromatic nitrogens is 2. The molecule has 0 saturated carbocycles. The largest absolute Gasteiger partial charge is 0.459 e. The fourth-order valence-corrected chi connectivity index (χ4v) is 1.71. The van der Waals surface area contributed by atoms with Crippen molar-refractivity contribution in [3.63, 3.8) is 0 Å². The van der Waals surface area contributed by atoms with Gasteiger partial charge in [-0.15, -0.1) is 0 Å². The van der Waals surface area contributed by atoms with Gasteiger partial charge in [-0.2, -0.15) is 0 Å². The van der Waals surface area contributed by atoms with E-state index in [2.05, 4.69) is 37.9 Å². The van der Waals surface area contributed by atoms with Crippen molar-refractivity contribution in [2.75, 3.05) is 13.1 Å². The van der Waals surface area contributed by atoms with Crippen LogP contribution in [0.5, 0.6) is 6.01 Å². The van der Waals surface area contributed by atoms with Crippen LogP contribution >= 0.6 is 22.6 Å². The van der Waals surface area contributed by atoms with Crippen LogP contribution in [0.4, 0.5) is 0 Å². The van der Waals surface area contributed by atoms with Crippen LogP contribution < -0.4 is 10.1 Å². The Morgan fingerprint density at radius 3 is 2.86 bits per heavy atom. The highest BCUT2D eigenvalue weighted by Gasteiger charge is 2.15. The van der Waals surface area contributed by atoms with Crippen molar-refractivity contribution in [1.82, 2.24) is 15.3 Å². The lowest BCUT2D eigenvalue weighted by molar-refractivity contribution is 0.153. The Kier molecular flexibility index (Phi) is 3.52. The van der Waals surface area contributed by atoms with Crippen LogP contribution in [0.3, 0.4) is 0 Å². The number of nitrogens with one attached hydrogen (secondary N) is 1. The van der Waals surface area contributed by atoms with Crippen LogP contribution in [0, 0.1) is 3.57 Å². The average Bonchev–Trinajstić information content (AvgIpc) is 2.23. The van der Waals surface area contributed by atoms with Crippen LogP contribution in [-0.4, -0.2) is 29.2 Å². The van der Waals surface area contributed by atoms with Crippen molar-refractivity contribution in [1.29, 1.82) is 0 Å². The van der Waals surface area contributed by atoms with E-state index in [0.29, 0.717) is 6.01 Å². The fourth-order valence-electron chi connectivity index (χ4n) is 1.43. The van der Waals surface area contributed by atoms with Gasteiger partial charge in [-0.3, -0.25) is 0 Å². The minimum Gasteiger partial charge on any atom is -0.459 e. The molecule has 0 radical (unpaired) electrons. The van der Waals surface area contributed by atoms with Gasteiger partial charge in [0.25, 0.3) is 0 Å². The number of hydrogen-bond acceptors (Lipinski definition) is 4. The second-order valence-electron chi connectivity index (χ2n) is 3.27. The minimum absolute atomic E-state index is 0.226. The first-order valence-corrected chi connectivity index (χ1v) is 5.77. The summed E-state index contributed by atoms with van der Waals surface area (Å²) in [6.07, 6.45) is 6.00. The Morgan fingerprint density at radius 2 is 2.21 bits per heavy atom. The lowest BCUT2D eigenvalue weighted by Gasteiger charge is -2.22. The van der Waals surface area contributed by atoms with Crippen LogP contribution in [0.25, 0.3) is 0 Å². The van der Waals surface area contributed by atoms with Gasteiger partial charge in [-0.25, -0.2) is 9.97 Å². The molecule has 1 saturated heterocycles. The molecule has 1 aliphatic rings. The van der Waals surface area contributed by atoms with Crippen LogP contribution in [-0.2, 0) is 0 Å². The monoisotopic (exact) mass is 305 g/mol. The summed E-state index contributed by atoms with van der Waals surface area (Å²) in [6, 6.07) is 0.485. The molecule has 0 aromatic carbocycles. The molecular weight excluding hydrogens is 293 g/mol. The summed E-state index contributed by atoms with van der Waals surface area (Å²) >= 11 is 2.17. The van der Waals surface area contributed by atoms with Gasteiger partial charge in [0, 0.05) is 22.5 Å². The Bertz CT molecular complexity index is 285. The number of piperidine rings is 1. The molecule has 2 heterocycles. The van der Waals surface area contributed by atoms with Crippen molar-refractivity contribution in [2.24, 2.45) is 0 Å². The predicted octanol–water partition coefficient (Wildman–Crippen LogP) is 1.21. The molecule has 0 unspecified atom stereocenters. The zero-order valence-electron chi connectivity index (χ0n) is 7.74. The van der Waals surface area contributed by atoms with E-state index >= 15 is 0 Å². The predicted molar refractivity (Wildman–Crippen MR) is 61.3 cm³/mol. The molecule has 4 nitrogen and oxygen atoms in total. The standard InChI is InChI=1S/C9H12IN3O/c10-7-4-12-9(13-5-7)14-8-2-1-3-11-6-8/h4-5,8,11H,1-3,6H2/t8-/m0/s1.